The Morgan fingerprint density at radius 1 is 1.11 bits per heavy atom. The van der Waals surface area contributed by atoms with E-state index in [1.54, 1.807) is 17.2 Å². The fourth-order valence-electron chi connectivity index (χ4n) is 4.50. The van der Waals surface area contributed by atoms with E-state index in [0.717, 1.165) is 49.0 Å². The fraction of sp³-hybridized carbons (Fsp3) is 0.321. The highest BCUT2D eigenvalue weighted by Crippen LogP contribution is 2.34. The Morgan fingerprint density at radius 2 is 1.92 bits per heavy atom. The number of thiazole rings is 1. The Labute approximate surface area is 214 Å². The zero-order valence-corrected chi connectivity index (χ0v) is 22.3. The van der Waals surface area contributed by atoms with E-state index >= 15 is 0 Å². The first kappa shape index (κ1) is 24.1. The highest BCUT2D eigenvalue weighted by Gasteiger charge is 2.22. The molecule has 0 spiro atoms. The second-order valence-electron chi connectivity index (χ2n) is 10.4. The van der Waals surface area contributed by atoms with Gasteiger partial charge in [-0.2, -0.15) is 5.10 Å². The van der Waals surface area contributed by atoms with E-state index < -0.39 is 0 Å². The lowest BCUT2D eigenvalue weighted by atomic mass is 9.90. The Hall–Kier alpha value is -3.65. The van der Waals surface area contributed by atoms with Crippen LogP contribution in [0.4, 0.5) is 0 Å². The van der Waals surface area contributed by atoms with Gasteiger partial charge in [0.05, 0.1) is 27.5 Å². The molecule has 8 heteroatoms. The molecule has 0 saturated heterocycles. The SMILES string of the molecule is Cc1cc(-c2ncnc3[nH]c(-c4cnn(C)c4)cc23)ccc1C(C)CC(=O)c1cnc(C(C)(C)C)s1. The highest BCUT2D eigenvalue weighted by atomic mass is 32.1. The number of Topliss-reactive ketones (excluding diaryl/α,β-unsaturated/α-hetero) is 1. The standard InChI is InChI=1S/C28H30N6OS/c1-16-9-18(25-21-11-22(19-12-32-34(6)14-19)33-26(21)31-15-30-25)7-8-20(16)17(2)10-23(35)24-13-29-27(36-24)28(3,4)5/h7-9,11-15,17H,10H2,1-6H3,(H,30,31,33). The Morgan fingerprint density at radius 3 is 2.58 bits per heavy atom. The summed E-state index contributed by atoms with van der Waals surface area (Å²) in [4.78, 5) is 30.6. The molecular weight excluding hydrogens is 468 g/mol. The maximum Gasteiger partial charge on any atom is 0.175 e. The minimum absolute atomic E-state index is 0.0497. The number of aromatic amines is 1. The molecule has 1 atom stereocenters. The first-order valence-corrected chi connectivity index (χ1v) is 12.8. The number of hydrogen-bond donors (Lipinski definition) is 1. The fourth-order valence-corrected chi connectivity index (χ4v) is 5.42. The van der Waals surface area contributed by atoms with Gasteiger partial charge in [0.25, 0.3) is 0 Å². The number of aromatic nitrogens is 6. The topological polar surface area (TPSA) is 89.4 Å². The molecule has 0 saturated carbocycles. The summed E-state index contributed by atoms with van der Waals surface area (Å²) in [7, 11) is 1.90. The molecule has 0 amide bonds. The van der Waals surface area contributed by atoms with Gasteiger partial charge in [0.1, 0.15) is 12.0 Å². The second-order valence-corrected chi connectivity index (χ2v) is 11.5. The quantitative estimate of drug-likeness (QED) is 0.271. The summed E-state index contributed by atoms with van der Waals surface area (Å²) < 4.78 is 1.78. The van der Waals surface area contributed by atoms with Crippen LogP contribution in [0.15, 0.2) is 49.2 Å². The minimum atomic E-state index is -0.0497. The van der Waals surface area contributed by atoms with Crippen molar-refractivity contribution < 1.29 is 4.79 Å². The summed E-state index contributed by atoms with van der Waals surface area (Å²) in [6.45, 7) is 10.6. The average molecular weight is 499 g/mol. The number of carbonyl (C=O) groups excluding carboxylic acids is 1. The normalized spacial score (nSPS) is 12.8. The molecule has 4 aromatic heterocycles. The summed E-state index contributed by atoms with van der Waals surface area (Å²) in [6.07, 6.45) is 7.57. The number of aryl methyl sites for hydroxylation is 2. The van der Waals surface area contributed by atoms with Gasteiger partial charge in [0, 0.05) is 47.8 Å². The first-order valence-electron chi connectivity index (χ1n) is 12.0. The molecular formula is C28H30N6OS. The molecule has 0 radical (unpaired) electrons. The summed E-state index contributed by atoms with van der Waals surface area (Å²) in [5.74, 6) is 0.244. The van der Waals surface area contributed by atoms with E-state index in [9.17, 15) is 4.79 Å². The van der Waals surface area contributed by atoms with Gasteiger partial charge in [-0.05, 0) is 36.1 Å². The average Bonchev–Trinajstić information content (AvgIpc) is 3.57. The van der Waals surface area contributed by atoms with Gasteiger partial charge in [-0.3, -0.25) is 9.48 Å². The van der Waals surface area contributed by atoms with Crippen LogP contribution in [0.25, 0.3) is 33.5 Å². The lowest BCUT2D eigenvalue weighted by Gasteiger charge is -2.15. The number of rotatable bonds is 6. The van der Waals surface area contributed by atoms with E-state index in [-0.39, 0.29) is 17.1 Å². The Kier molecular flexibility index (Phi) is 6.08. The van der Waals surface area contributed by atoms with Gasteiger partial charge in [0.15, 0.2) is 5.78 Å². The number of carbonyl (C=O) groups is 1. The van der Waals surface area contributed by atoms with E-state index in [4.69, 9.17) is 0 Å². The number of nitrogens with zero attached hydrogens (tertiary/aromatic N) is 5. The molecule has 184 valence electrons. The van der Waals surface area contributed by atoms with Crippen LogP contribution in [0.3, 0.4) is 0 Å². The van der Waals surface area contributed by atoms with Gasteiger partial charge in [-0.25, -0.2) is 15.0 Å². The number of nitrogens with one attached hydrogen (secondary N) is 1. The molecule has 36 heavy (non-hydrogen) atoms. The van der Waals surface area contributed by atoms with Crippen molar-refractivity contribution >= 4 is 28.2 Å². The molecule has 1 aromatic carbocycles. The van der Waals surface area contributed by atoms with Crippen LogP contribution in [0.5, 0.6) is 0 Å². The largest absolute Gasteiger partial charge is 0.339 e. The molecule has 0 aliphatic rings. The van der Waals surface area contributed by atoms with Crippen LogP contribution < -0.4 is 0 Å². The summed E-state index contributed by atoms with van der Waals surface area (Å²) in [5.41, 5.74) is 6.91. The van der Waals surface area contributed by atoms with Crippen LogP contribution in [-0.4, -0.2) is 35.5 Å². The zero-order valence-electron chi connectivity index (χ0n) is 21.5. The Balaban J connectivity index is 1.39. The van der Waals surface area contributed by atoms with Crippen molar-refractivity contribution in [2.24, 2.45) is 7.05 Å². The number of fused-ring (bicyclic) bond motifs is 1. The summed E-state index contributed by atoms with van der Waals surface area (Å²) >= 11 is 1.51. The molecule has 1 N–H and O–H groups in total. The first-order chi connectivity index (χ1) is 17.1. The van der Waals surface area contributed by atoms with Gasteiger partial charge in [-0.1, -0.05) is 39.8 Å². The van der Waals surface area contributed by atoms with E-state index in [1.165, 1.54) is 16.9 Å². The Bertz CT molecular complexity index is 1570. The smallest absolute Gasteiger partial charge is 0.175 e. The second kappa shape index (κ2) is 9.09. The van der Waals surface area contributed by atoms with Crippen LogP contribution in [0.1, 0.15) is 65.8 Å². The van der Waals surface area contributed by atoms with Gasteiger partial charge >= 0.3 is 0 Å². The van der Waals surface area contributed by atoms with Crippen LogP contribution in [-0.2, 0) is 12.5 Å². The molecule has 5 rings (SSSR count). The monoisotopic (exact) mass is 498 g/mol. The molecule has 5 aromatic rings. The van der Waals surface area contributed by atoms with Crippen molar-refractivity contribution in [2.75, 3.05) is 0 Å². The lowest BCUT2D eigenvalue weighted by molar-refractivity contribution is 0.0979. The maximum atomic E-state index is 13.0. The van der Waals surface area contributed by atoms with E-state index in [1.807, 2.05) is 19.4 Å². The van der Waals surface area contributed by atoms with Gasteiger partial charge < -0.3 is 4.98 Å². The number of H-pyrrole nitrogens is 1. The van der Waals surface area contributed by atoms with E-state index in [2.05, 4.69) is 83.9 Å². The number of benzene rings is 1. The van der Waals surface area contributed by atoms with Crippen molar-refractivity contribution in [1.82, 2.24) is 29.7 Å². The van der Waals surface area contributed by atoms with Gasteiger partial charge in [-0.15, -0.1) is 11.3 Å². The van der Waals surface area contributed by atoms with Crippen molar-refractivity contribution in [3.8, 4) is 22.5 Å². The van der Waals surface area contributed by atoms with Crippen molar-refractivity contribution in [1.29, 1.82) is 0 Å². The predicted molar refractivity (Wildman–Crippen MR) is 144 cm³/mol. The molecule has 0 aliphatic heterocycles. The molecule has 0 aliphatic carbocycles. The molecule has 0 bridgehead atoms. The van der Waals surface area contributed by atoms with Crippen LogP contribution >= 0.6 is 11.3 Å². The summed E-state index contributed by atoms with van der Waals surface area (Å²) in [5, 5.41) is 6.22. The van der Waals surface area contributed by atoms with E-state index in [0.29, 0.717) is 6.42 Å². The van der Waals surface area contributed by atoms with Crippen molar-refractivity contribution in [3.63, 3.8) is 0 Å². The number of hydrogen-bond acceptors (Lipinski definition) is 6. The minimum Gasteiger partial charge on any atom is -0.339 e. The van der Waals surface area contributed by atoms with Crippen molar-refractivity contribution in [2.45, 2.75) is 52.4 Å². The third kappa shape index (κ3) is 4.60. The lowest BCUT2D eigenvalue weighted by Crippen LogP contribution is -2.09. The highest BCUT2D eigenvalue weighted by molar-refractivity contribution is 7.13. The molecule has 7 nitrogen and oxygen atoms in total. The van der Waals surface area contributed by atoms with Crippen molar-refractivity contribution in [3.05, 3.63) is 70.2 Å². The molecule has 0 fully saturated rings. The third-order valence-corrected chi connectivity index (χ3v) is 7.89. The zero-order chi connectivity index (χ0) is 25.6. The predicted octanol–water partition coefficient (Wildman–Crippen LogP) is 6.46. The van der Waals surface area contributed by atoms with Gasteiger partial charge in [0.2, 0.25) is 0 Å². The molecule has 4 heterocycles. The van der Waals surface area contributed by atoms with Crippen LogP contribution in [0.2, 0.25) is 0 Å². The maximum absolute atomic E-state index is 13.0. The van der Waals surface area contributed by atoms with Crippen LogP contribution in [0, 0.1) is 6.92 Å². The summed E-state index contributed by atoms with van der Waals surface area (Å²) in [6, 6.07) is 8.44. The molecule has 1 unspecified atom stereocenters. The number of ketones is 1. The third-order valence-electron chi connectivity index (χ3n) is 6.43.